The van der Waals surface area contributed by atoms with Gasteiger partial charge in [0.15, 0.2) is 5.96 Å². The summed E-state index contributed by atoms with van der Waals surface area (Å²) in [6.07, 6.45) is 3.75. The monoisotopic (exact) mass is 354 g/mol. The van der Waals surface area contributed by atoms with Crippen molar-refractivity contribution < 1.29 is 0 Å². The topological polar surface area (TPSA) is 69.2 Å². The van der Waals surface area contributed by atoms with Gasteiger partial charge in [0.25, 0.3) is 0 Å². The Kier molecular flexibility index (Phi) is 6.26. The van der Waals surface area contributed by atoms with Crippen molar-refractivity contribution in [3.8, 4) is 0 Å². The van der Waals surface area contributed by atoms with Crippen molar-refractivity contribution in [2.75, 3.05) is 26.2 Å². The molecular weight excluding hydrogens is 324 g/mol. The van der Waals surface area contributed by atoms with Crippen LogP contribution in [0.25, 0.3) is 0 Å². The number of benzene rings is 1. The molecular formula is C20H30N6. The number of piperidine rings is 1. The van der Waals surface area contributed by atoms with Crippen LogP contribution in [-0.2, 0) is 0 Å². The SMILES string of the molecule is CCNC(=NCC(C)c1ccc(C)cc1)N1CCC(c2ncn[nH]2)CC1. The lowest BCUT2D eigenvalue weighted by atomic mass is 9.96. The van der Waals surface area contributed by atoms with Crippen LogP contribution in [0.5, 0.6) is 0 Å². The first-order valence-corrected chi connectivity index (χ1v) is 9.62. The summed E-state index contributed by atoms with van der Waals surface area (Å²) in [6, 6.07) is 8.78. The zero-order valence-corrected chi connectivity index (χ0v) is 16.1. The average Bonchev–Trinajstić information content (AvgIpc) is 3.20. The summed E-state index contributed by atoms with van der Waals surface area (Å²) in [5.74, 6) is 2.93. The summed E-state index contributed by atoms with van der Waals surface area (Å²) in [7, 11) is 0. The first-order chi connectivity index (χ1) is 12.7. The van der Waals surface area contributed by atoms with E-state index in [-0.39, 0.29) is 0 Å². The molecule has 3 rings (SSSR count). The van der Waals surface area contributed by atoms with Crippen LogP contribution < -0.4 is 5.32 Å². The van der Waals surface area contributed by atoms with Crippen molar-refractivity contribution in [2.45, 2.75) is 45.4 Å². The zero-order valence-electron chi connectivity index (χ0n) is 16.1. The quantitative estimate of drug-likeness (QED) is 0.639. The Bertz CT molecular complexity index is 684. The fourth-order valence-corrected chi connectivity index (χ4v) is 3.43. The number of rotatable bonds is 5. The number of hydrogen-bond acceptors (Lipinski definition) is 3. The fraction of sp³-hybridized carbons (Fsp3) is 0.550. The third-order valence-corrected chi connectivity index (χ3v) is 5.11. The summed E-state index contributed by atoms with van der Waals surface area (Å²) >= 11 is 0. The first kappa shape index (κ1) is 18.4. The van der Waals surface area contributed by atoms with E-state index < -0.39 is 0 Å². The highest BCUT2D eigenvalue weighted by Crippen LogP contribution is 2.25. The first-order valence-electron chi connectivity index (χ1n) is 9.62. The van der Waals surface area contributed by atoms with E-state index >= 15 is 0 Å². The van der Waals surface area contributed by atoms with Crippen LogP contribution in [0.2, 0.25) is 0 Å². The van der Waals surface area contributed by atoms with Crippen molar-refractivity contribution in [3.05, 3.63) is 47.5 Å². The van der Waals surface area contributed by atoms with Gasteiger partial charge in [0.1, 0.15) is 12.2 Å². The Balaban J connectivity index is 1.59. The van der Waals surface area contributed by atoms with E-state index in [1.807, 2.05) is 0 Å². The molecule has 1 fully saturated rings. The number of aromatic amines is 1. The number of aliphatic imine (C=N–C) groups is 1. The van der Waals surface area contributed by atoms with Gasteiger partial charge in [0, 0.05) is 38.0 Å². The molecule has 0 saturated carbocycles. The van der Waals surface area contributed by atoms with Gasteiger partial charge in [-0.3, -0.25) is 10.1 Å². The predicted molar refractivity (Wildman–Crippen MR) is 106 cm³/mol. The van der Waals surface area contributed by atoms with E-state index in [1.165, 1.54) is 11.1 Å². The van der Waals surface area contributed by atoms with Gasteiger partial charge >= 0.3 is 0 Å². The largest absolute Gasteiger partial charge is 0.357 e. The van der Waals surface area contributed by atoms with Gasteiger partial charge < -0.3 is 10.2 Å². The highest BCUT2D eigenvalue weighted by atomic mass is 15.3. The predicted octanol–water partition coefficient (Wildman–Crippen LogP) is 3.06. The highest BCUT2D eigenvalue weighted by molar-refractivity contribution is 5.80. The molecule has 0 aliphatic carbocycles. The molecule has 6 heteroatoms. The standard InChI is InChI=1S/C20H30N6/c1-4-21-20(22-13-16(3)17-7-5-15(2)6-8-17)26-11-9-18(10-12-26)19-23-14-24-25-19/h5-8,14,16,18H,4,9-13H2,1-3H3,(H,21,22)(H,23,24,25). The number of aryl methyl sites for hydroxylation is 1. The van der Waals surface area contributed by atoms with E-state index in [0.29, 0.717) is 11.8 Å². The van der Waals surface area contributed by atoms with Crippen molar-refractivity contribution in [1.29, 1.82) is 0 Å². The van der Waals surface area contributed by atoms with Crippen LogP contribution in [0.3, 0.4) is 0 Å². The molecule has 6 nitrogen and oxygen atoms in total. The summed E-state index contributed by atoms with van der Waals surface area (Å²) in [4.78, 5) is 11.6. The lowest BCUT2D eigenvalue weighted by molar-refractivity contribution is 0.298. The molecule has 26 heavy (non-hydrogen) atoms. The van der Waals surface area contributed by atoms with Crippen LogP contribution in [0.4, 0.5) is 0 Å². The summed E-state index contributed by atoms with van der Waals surface area (Å²) in [6.45, 7) is 10.2. The van der Waals surface area contributed by atoms with Gasteiger partial charge in [-0.05, 0) is 32.3 Å². The number of nitrogens with zero attached hydrogens (tertiary/aromatic N) is 4. The van der Waals surface area contributed by atoms with Crippen LogP contribution in [0.15, 0.2) is 35.6 Å². The van der Waals surface area contributed by atoms with Gasteiger partial charge in [-0.25, -0.2) is 4.98 Å². The molecule has 1 aliphatic heterocycles. The molecule has 0 amide bonds. The second-order valence-electron chi connectivity index (χ2n) is 7.14. The fourth-order valence-electron chi connectivity index (χ4n) is 3.43. The maximum absolute atomic E-state index is 4.92. The second kappa shape index (κ2) is 8.83. The van der Waals surface area contributed by atoms with Gasteiger partial charge in [-0.1, -0.05) is 36.8 Å². The summed E-state index contributed by atoms with van der Waals surface area (Å²) in [5, 5.41) is 10.4. The van der Waals surface area contributed by atoms with Gasteiger partial charge in [0.05, 0.1) is 0 Å². The smallest absolute Gasteiger partial charge is 0.193 e. The molecule has 140 valence electrons. The number of guanidine groups is 1. The van der Waals surface area contributed by atoms with Crippen molar-refractivity contribution >= 4 is 5.96 Å². The van der Waals surface area contributed by atoms with E-state index in [1.54, 1.807) is 6.33 Å². The van der Waals surface area contributed by atoms with E-state index in [0.717, 1.165) is 50.8 Å². The number of aromatic nitrogens is 3. The van der Waals surface area contributed by atoms with Crippen molar-refractivity contribution in [3.63, 3.8) is 0 Å². The van der Waals surface area contributed by atoms with E-state index in [4.69, 9.17) is 4.99 Å². The minimum Gasteiger partial charge on any atom is -0.357 e. The molecule has 0 bridgehead atoms. The third-order valence-electron chi connectivity index (χ3n) is 5.11. The molecule has 0 radical (unpaired) electrons. The molecule has 1 atom stereocenters. The lowest BCUT2D eigenvalue weighted by Crippen LogP contribution is -2.45. The molecule has 0 spiro atoms. The Morgan fingerprint density at radius 2 is 2.04 bits per heavy atom. The molecule has 1 aromatic carbocycles. The molecule has 2 N–H and O–H groups in total. The third kappa shape index (κ3) is 4.62. The van der Waals surface area contributed by atoms with Gasteiger partial charge in [-0.15, -0.1) is 0 Å². The number of hydrogen-bond donors (Lipinski definition) is 2. The maximum atomic E-state index is 4.92. The van der Waals surface area contributed by atoms with E-state index in [9.17, 15) is 0 Å². The average molecular weight is 355 g/mol. The van der Waals surface area contributed by atoms with Crippen LogP contribution in [0, 0.1) is 6.92 Å². The maximum Gasteiger partial charge on any atom is 0.193 e. The second-order valence-corrected chi connectivity index (χ2v) is 7.14. The summed E-state index contributed by atoms with van der Waals surface area (Å²) in [5.41, 5.74) is 2.65. The van der Waals surface area contributed by atoms with Crippen molar-refractivity contribution in [1.82, 2.24) is 25.4 Å². The van der Waals surface area contributed by atoms with Crippen LogP contribution in [-0.4, -0.2) is 52.2 Å². The Labute approximate surface area is 156 Å². The molecule has 2 heterocycles. The van der Waals surface area contributed by atoms with Crippen LogP contribution >= 0.6 is 0 Å². The Morgan fingerprint density at radius 1 is 1.31 bits per heavy atom. The lowest BCUT2D eigenvalue weighted by Gasteiger charge is -2.33. The zero-order chi connectivity index (χ0) is 18.4. The van der Waals surface area contributed by atoms with Crippen molar-refractivity contribution in [2.24, 2.45) is 4.99 Å². The molecule has 1 unspecified atom stereocenters. The molecule has 1 aliphatic rings. The highest BCUT2D eigenvalue weighted by Gasteiger charge is 2.24. The van der Waals surface area contributed by atoms with Gasteiger partial charge in [-0.2, -0.15) is 5.10 Å². The minimum atomic E-state index is 0.413. The molecule has 2 aromatic rings. The number of likely N-dealkylation sites (tertiary alicyclic amines) is 1. The van der Waals surface area contributed by atoms with Gasteiger partial charge in [0.2, 0.25) is 0 Å². The van der Waals surface area contributed by atoms with Crippen LogP contribution in [0.1, 0.15) is 55.5 Å². The Morgan fingerprint density at radius 3 is 2.65 bits per heavy atom. The molecule has 1 aromatic heterocycles. The Hall–Kier alpha value is -2.37. The minimum absolute atomic E-state index is 0.413. The number of nitrogens with one attached hydrogen (secondary N) is 2. The number of H-pyrrole nitrogens is 1. The summed E-state index contributed by atoms with van der Waals surface area (Å²) < 4.78 is 0. The molecule has 1 saturated heterocycles. The van der Waals surface area contributed by atoms with E-state index in [2.05, 4.69) is 70.4 Å². The normalized spacial score (nSPS) is 17.3.